The second kappa shape index (κ2) is 11.3. The molecule has 2 aromatic rings. The van der Waals surface area contributed by atoms with Crippen LogP contribution in [0.3, 0.4) is 0 Å². The van der Waals surface area contributed by atoms with Gasteiger partial charge in [-0.05, 0) is 60.9 Å². The molecule has 32 heavy (non-hydrogen) atoms. The van der Waals surface area contributed by atoms with E-state index in [1.807, 2.05) is 0 Å². The average Bonchev–Trinajstić information content (AvgIpc) is 2.75. The van der Waals surface area contributed by atoms with Crippen molar-refractivity contribution in [3.8, 4) is 23.0 Å². The number of phenolic OH excluding ortho intramolecular Hbond substituents is 4. The number of benzene rings is 2. The lowest BCUT2D eigenvalue weighted by Crippen LogP contribution is -2.08. The summed E-state index contributed by atoms with van der Waals surface area (Å²) in [5.41, 5.74) is 0.851. The number of hydrogen-bond donors (Lipinski definition) is 5. The molecule has 0 aromatic heterocycles. The third-order valence-corrected chi connectivity index (χ3v) is 4.35. The zero-order valence-electron chi connectivity index (χ0n) is 17.4. The van der Waals surface area contributed by atoms with E-state index >= 15 is 0 Å². The van der Waals surface area contributed by atoms with E-state index in [1.54, 1.807) is 6.92 Å². The summed E-state index contributed by atoms with van der Waals surface area (Å²) < 4.78 is 4.87. The first-order valence-corrected chi connectivity index (χ1v) is 9.73. The number of hydrogen-bond acceptors (Lipinski definition) is 8. The molecule has 0 bridgehead atoms. The predicted octanol–water partition coefficient (Wildman–Crippen LogP) is 3.96. The zero-order chi connectivity index (χ0) is 23.7. The number of rotatable bonds is 9. The lowest BCUT2D eigenvalue weighted by Gasteiger charge is -2.07. The molecule has 0 heterocycles. The van der Waals surface area contributed by atoms with Crippen LogP contribution in [0.1, 0.15) is 30.9 Å². The number of esters is 1. The number of aliphatic hydroxyl groups is 1. The van der Waals surface area contributed by atoms with E-state index in [0.29, 0.717) is 11.1 Å². The van der Waals surface area contributed by atoms with Gasteiger partial charge in [-0.1, -0.05) is 24.3 Å². The second-order valence-electron chi connectivity index (χ2n) is 6.70. The van der Waals surface area contributed by atoms with Gasteiger partial charge < -0.3 is 30.3 Å². The standard InChI is InChI=1S/C24H24O8/c1-2-32-24(31)12-7-17(18(25)8-3-15-5-10-20(27)22(29)13-15)19(26)9-4-16-6-11-21(28)23(30)14-16/h3-6,8-11,13-14,25,27-30H,2,7,12H2,1H3/b8-3+,9-4+,18-17-. The lowest BCUT2D eigenvalue weighted by atomic mass is 10.0. The van der Waals surface area contributed by atoms with E-state index in [-0.39, 0.29) is 53.8 Å². The minimum Gasteiger partial charge on any atom is -0.508 e. The summed E-state index contributed by atoms with van der Waals surface area (Å²) in [5.74, 6) is -2.76. The largest absolute Gasteiger partial charge is 0.508 e. The van der Waals surface area contributed by atoms with Gasteiger partial charge in [0.2, 0.25) is 0 Å². The van der Waals surface area contributed by atoms with Gasteiger partial charge in [0.05, 0.1) is 6.61 Å². The predicted molar refractivity (Wildman–Crippen MR) is 118 cm³/mol. The highest BCUT2D eigenvalue weighted by molar-refractivity contribution is 6.07. The molecule has 2 aromatic carbocycles. The van der Waals surface area contributed by atoms with Crippen molar-refractivity contribution in [2.45, 2.75) is 19.8 Å². The molecular formula is C24H24O8. The van der Waals surface area contributed by atoms with Crippen molar-refractivity contribution in [2.24, 2.45) is 0 Å². The van der Waals surface area contributed by atoms with Crippen LogP contribution in [0.25, 0.3) is 12.2 Å². The minimum atomic E-state index is -0.572. The molecular weight excluding hydrogens is 416 g/mol. The highest BCUT2D eigenvalue weighted by Gasteiger charge is 2.14. The number of phenols is 4. The van der Waals surface area contributed by atoms with Gasteiger partial charge in [0.15, 0.2) is 28.8 Å². The molecule has 0 aliphatic carbocycles. The van der Waals surface area contributed by atoms with Crippen LogP contribution in [0.4, 0.5) is 0 Å². The number of allylic oxidation sites excluding steroid dienone is 3. The minimum absolute atomic E-state index is 0.0449. The third kappa shape index (κ3) is 6.94. The molecule has 0 atom stereocenters. The summed E-state index contributed by atoms with van der Waals surface area (Å²) >= 11 is 0. The highest BCUT2D eigenvalue weighted by atomic mass is 16.5. The molecule has 0 unspecified atom stereocenters. The molecule has 5 N–H and O–H groups in total. The fraction of sp³-hybridized carbons (Fsp3) is 0.167. The molecule has 0 aliphatic rings. The van der Waals surface area contributed by atoms with Gasteiger partial charge in [-0.15, -0.1) is 0 Å². The van der Waals surface area contributed by atoms with Crippen molar-refractivity contribution >= 4 is 23.9 Å². The summed E-state index contributed by atoms with van der Waals surface area (Å²) in [4.78, 5) is 24.4. The Kier molecular flexibility index (Phi) is 8.47. The zero-order valence-corrected chi connectivity index (χ0v) is 17.4. The third-order valence-electron chi connectivity index (χ3n) is 4.35. The number of carbonyl (C=O) groups is 2. The summed E-state index contributed by atoms with van der Waals surface area (Å²) in [6, 6.07) is 8.06. The maximum absolute atomic E-state index is 12.7. The number of carbonyl (C=O) groups excluding carboxylic acids is 2. The van der Waals surface area contributed by atoms with Crippen LogP contribution < -0.4 is 0 Å². The Hall–Kier alpha value is -4.20. The number of aliphatic hydroxyl groups excluding tert-OH is 1. The second-order valence-corrected chi connectivity index (χ2v) is 6.70. The Morgan fingerprint density at radius 2 is 1.34 bits per heavy atom. The van der Waals surface area contributed by atoms with Gasteiger partial charge >= 0.3 is 5.97 Å². The molecule has 8 nitrogen and oxygen atoms in total. The fourth-order valence-electron chi connectivity index (χ4n) is 2.67. The van der Waals surface area contributed by atoms with Crippen molar-refractivity contribution in [2.75, 3.05) is 6.61 Å². The van der Waals surface area contributed by atoms with Crippen molar-refractivity contribution in [3.63, 3.8) is 0 Å². The first kappa shape index (κ1) is 24.1. The topological polar surface area (TPSA) is 145 Å². The number of ether oxygens (including phenoxy) is 1. The molecule has 0 fully saturated rings. The Bertz CT molecular complexity index is 1080. The van der Waals surface area contributed by atoms with E-state index in [9.17, 15) is 35.1 Å². The smallest absolute Gasteiger partial charge is 0.306 e. The number of ketones is 1. The maximum atomic E-state index is 12.7. The van der Waals surface area contributed by atoms with Gasteiger partial charge in [-0.25, -0.2) is 0 Å². The molecule has 0 aliphatic heterocycles. The Labute approximate surface area is 184 Å². The molecule has 8 heteroatoms. The summed E-state index contributed by atoms with van der Waals surface area (Å²) in [6.45, 7) is 1.84. The Morgan fingerprint density at radius 1 is 0.812 bits per heavy atom. The van der Waals surface area contributed by atoms with E-state index in [4.69, 9.17) is 4.74 Å². The monoisotopic (exact) mass is 440 g/mol. The average molecular weight is 440 g/mol. The summed E-state index contributed by atoms with van der Waals surface area (Å²) in [7, 11) is 0. The van der Waals surface area contributed by atoms with Crippen LogP contribution in [0, 0.1) is 0 Å². The van der Waals surface area contributed by atoms with Crippen LogP contribution in [0.15, 0.2) is 59.9 Å². The van der Waals surface area contributed by atoms with Gasteiger partial charge in [-0.3, -0.25) is 9.59 Å². The van der Waals surface area contributed by atoms with Gasteiger partial charge in [-0.2, -0.15) is 0 Å². The van der Waals surface area contributed by atoms with E-state index in [0.717, 1.165) is 0 Å². The van der Waals surface area contributed by atoms with E-state index < -0.39 is 11.8 Å². The Balaban J connectivity index is 2.29. The maximum Gasteiger partial charge on any atom is 0.306 e. The SMILES string of the molecule is CCOC(=O)CC/C(C(=O)/C=C/c1ccc(O)c(O)c1)=C(O)\C=C\c1ccc(O)c(O)c1. The van der Waals surface area contributed by atoms with Crippen molar-refractivity contribution in [3.05, 3.63) is 71.0 Å². The van der Waals surface area contributed by atoms with Gasteiger partial charge in [0.1, 0.15) is 5.76 Å². The summed E-state index contributed by atoms with van der Waals surface area (Å²) in [5, 5.41) is 48.4. The van der Waals surface area contributed by atoms with E-state index in [1.165, 1.54) is 60.7 Å². The molecule has 168 valence electrons. The van der Waals surface area contributed by atoms with Crippen LogP contribution >= 0.6 is 0 Å². The normalized spacial score (nSPS) is 12.2. The van der Waals surface area contributed by atoms with Crippen LogP contribution in [0.2, 0.25) is 0 Å². The van der Waals surface area contributed by atoms with Crippen LogP contribution in [-0.4, -0.2) is 43.9 Å². The van der Waals surface area contributed by atoms with E-state index in [2.05, 4.69) is 0 Å². The van der Waals surface area contributed by atoms with Crippen LogP contribution in [-0.2, 0) is 14.3 Å². The molecule has 0 saturated carbocycles. The van der Waals surface area contributed by atoms with Crippen molar-refractivity contribution in [1.29, 1.82) is 0 Å². The first-order chi connectivity index (χ1) is 15.2. The van der Waals surface area contributed by atoms with Crippen molar-refractivity contribution < 1.29 is 39.9 Å². The lowest BCUT2D eigenvalue weighted by molar-refractivity contribution is -0.143. The number of aromatic hydroxyl groups is 4. The van der Waals surface area contributed by atoms with Gasteiger partial charge in [0, 0.05) is 12.0 Å². The molecule has 2 rings (SSSR count). The molecule has 0 radical (unpaired) electrons. The Morgan fingerprint density at radius 3 is 1.84 bits per heavy atom. The van der Waals surface area contributed by atoms with Crippen LogP contribution in [0.5, 0.6) is 23.0 Å². The molecule has 0 saturated heterocycles. The summed E-state index contributed by atoms with van der Waals surface area (Å²) in [6.07, 6.45) is 5.02. The fourth-order valence-corrected chi connectivity index (χ4v) is 2.67. The molecule has 0 spiro atoms. The molecule has 0 amide bonds. The quantitative estimate of drug-likeness (QED) is 0.130. The van der Waals surface area contributed by atoms with Crippen molar-refractivity contribution in [1.82, 2.24) is 0 Å². The first-order valence-electron chi connectivity index (χ1n) is 9.73. The highest BCUT2D eigenvalue weighted by Crippen LogP contribution is 2.27. The van der Waals surface area contributed by atoms with Gasteiger partial charge in [0.25, 0.3) is 0 Å².